The largest absolute Gasteiger partial charge is 0.360 e. The summed E-state index contributed by atoms with van der Waals surface area (Å²) in [6.45, 7) is 5.39. The van der Waals surface area contributed by atoms with Gasteiger partial charge in [0, 0.05) is 19.0 Å². The van der Waals surface area contributed by atoms with Crippen molar-refractivity contribution in [3.05, 3.63) is 11.8 Å². The molecule has 1 aromatic rings. The van der Waals surface area contributed by atoms with E-state index < -0.39 is 0 Å². The fourth-order valence-corrected chi connectivity index (χ4v) is 2.11. The third kappa shape index (κ3) is 3.36. The first-order valence-corrected chi connectivity index (χ1v) is 6.66. The third-order valence-corrected chi connectivity index (χ3v) is 3.56. The third-order valence-electron chi connectivity index (χ3n) is 3.56. The fourth-order valence-electron chi connectivity index (χ4n) is 2.11. The molecule has 0 aromatic carbocycles. The quantitative estimate of drug-likeness (QED) is 0.806. The van der Waals surface area contributed by atoms with Crippen molar-refractivity contribution in [2.45, 2.75) is 13.8 Å². The molecule has 0 bridgehead atoms. The lowest BCUT2D eigenvalue weighted by Crippen LogP contribution is -2.50. The maximum absolute atomic E-state index is 12.2. The molecule has 20 heavy (non-hydrogen) atoms. The summed E-state index contributed by atoms with van der Waals surface area (Å²) in [6, 6.07) is 1.63. The SMILES string of the molecule is Cc1cc(NC(=O)CN(C)C(=O)C(C)C2CNC2)no1. The van der Waals surface area contributed by atoms with E-state index in [2.05, 4.69) is 15.8 Å². The summed E-state index contributed by atoms with van der Waals surface area (Å²) in [5.74, 6) is 0.992. The molecular weight excluding hydrogens is 260 g/mol. The second kappa shape index (κ2) is 6.04. The first kappa shape index (κ1) is 14.5. The topological polar surface area (TPSA) is 87.5 Å². The highest BCUT2D eigenvalue weighted by molar-refractivity contribution is 5.94. The van der Waals surface area contributed by atoms with E-state index >= 15 is 0 Å². The minimum atomic E-state index is -0.284. The van der Waals surface area contributed by atoms with E-state index in [4.69, 9.17) is 4.52 Å². The lowest BCUT2D eigenvalue weighted by molar-refractivity contribution is -0.138. The lowest BCUT2D eigenvalue weighted by atomic mass is 9.88. The maximum Gasteiger partial charge on any atom is 0.245 e. The zero-order valence-corrected chi connectivity index (χ0v) is 12.0. The van der Waals surface area contributed by atoms with Gasteiger partial charge in [0.05, 0.1) is 6.54 Å². The number of nitrogens with zero attached hydrogens (tertiary/aromatic N) is 2. The van der Waals surface area contributed by atoms with Crippen LogP contribution in [0.4, 0.5) is 5.82 Å². The van der Waals surface area contributed by atoms with Crippen LogP contribution in [0, 0.1) is 18.8 Å². The zero-order chi connectivity index (χ0) is 14.7. The number of amides is 2. The number of hydrogen-bond donors (Lipinski definition) is 2. The summed E-state index contributed by atoms with van der Waals surface area (Å²) in [5.41, 5.74) is 0. The molecule has 1 aliphatic rings. The molecule has 1 aromatic heterocycles. The van der Waals surface area contributed by atoms with E-state index in [-0.39, 0.29) is 24.3 Å². The Bertz CT molecular complexity index is 496. The fraction of sp³-hybridized carbons (Fsp3) is 0.615. The summed E-state index contributed by atoms with van der Waals surface area (Å²) >= 11 is 0. The van der Waals surface area contributed by atoms with Crippen molar-refractivity contribution in [3.8, 4) is 0 Å². The molecule has 2 N–H and O–H groups in total. The monoisotopic (exact) mass is 280 g/mol. The van der Waals surface area contributed by atoms with Crippen LogP contribution in [0.2, 0.25) is 0 Å². The first-order valence-electron chi connectivity index (χ1n) is 6.66. The van der Waals surface area contributed by atoms with Gasteiger partial charge < -0.3 is 20.1 Å². The van der Waals surface area contributed by atoms with Crippen LogP contribution >= 0.6 is 0 Å². The van der Waals surface area contributed by atoms with E-state index in [9.17, 15) is 9.59 Å². The second-order valence-corrected chi connectivity index (χ2v) is 5.27. The number of rotatable bonds is 5. The van der Waals surface area contributed by atoms with Crippen molar-refractivity contribution in [2.24, 2.45) is 11.8 Å². The summed E-state index contributed by atoms with van der Waals surface area (Å²) < 4.78 is 4.86. The lowest BCUT2D eigenvalue weighted by Gasteiger charge is -2.33. The molecule has 110 valence electrons. The number of carbonyl (C=O) groups is 2. The Morgan fingerprint density at radius 1 is 1.60 bits per heavy atom. The van der Waals surface area contributed by atoms with E-state index in [0.29, 0.717) is 17.5 Å². The number of aryl methyl sites for hydroxylation is 1. The molecule has 0 aliphatic carbocycles. The smallest absolute Gasteiger partial charge is 0.245 e. The molecule has 0 radical (unpaired) electrons. The van der Waals surface area contributed by atoms with Crippen molar-refractivity contribution in [2.75, 3.05) is 32.0 Å². The molecule has 2 rings (SSSR count). The van der Waals surface area contributed by atoms with Gasteiger partial charge in [0.1, 0.15) is 5.76 Å². The molecule has 7 nitrogen and oxygen atoms in total. The molecular formula is C13H20N4O3. The number of likely N-dealkylation sites (N-methyl/N-ethyl adjacent to an activating group) is 1. The average molecular weight is 280 g/mol. The Kier molecular flexibility index (Phi) is 4.39. The van der Waals surface area contributed by atoms with E-state index in [0.717, 1.165) is 13.1 Å². The molecule has 2 amide bonds. The molecule has 2 heterocycles. The summed E-state index contributed by atoms with van der Waals surface area (Å²) in [7, 11) is 1.64. The number of anilines is 1. The number of carbonyl (C=O) groups excluding carboxylic acids is 2. The summed E-state index contributed by atoms with van der Waals surface area (Å²) in [5, 5.41) is 9.41. The highest BCUT2D eigenvalue weighted by Crippen LogP contribution is 2.17. The summed E-state index contributed by atoms with van der Waals surface area (Å²) in [6.07, 6.45) is 0. The predicted molar refractivity (Wildman–Crippen MR) is 73.0 cm³/mol. The van der Waals surface area contributed by atoms with Crippen molar-refractivity contribution in [1.29, 1.82) is 0 Å². The molecule has 1 fully saturated rings. The predicted octanol–water partition coefficient (Wildman–Crippen LogP) is 0.235. The Morgan fingerprint density at radius 2 is 2.30 bits per heavy atom. The van der Waals surface area contributed by atoms with Gasteiger partial charge in [-0.25, -0.2) is 0 Å². The Morgan fingerprint density at radius 3 is 2.80 bits per heavy atom. The van der Waals surface area contributed by atoms with Crippen molar-refractivity contribution >= 4 is 17.6 Å². The van der Waals surface area contributed by atoms with Gasteiger partial charge in [-0.3, -0.25) is 9.59 Å². The Balaban J connectivity index is 1.82. The van der Waals surface area contributed by atoms with Crippen LogP contribution in [-0.2, 0) is 9.59 Å². The molecule has 7 heteroatoms. The number of aromatic nitrogens is 1. The van der Waals surface area contributed by atoms with Crippen LogP contribution in [0.25, 0.3) is 0 Å². The van der Waals surface area contributed by atoms with Gasteiger partial charge in [-0.1, -0.05) is 12.1 Å². The standard InChI is InChI=1S/C13H20N4O3/c1-8-4-11(16-20-8)15-12(18)7-17(3)13(19)9(2)10-5-14-6-10/h4,9-10,14H,5-7H2,1-3H3,(H,15,16,18). The highest BCUT2D eigenvalue weighted by Gasteiger charge is 2.30. The minimum Gasteiger partial charge on any atom is -0.360 e. The number of hydrogen-bond acceptors (Lipinski definition) is 5. The minimum absolute atomic E-state index is 0.00916. The second-order valence-electron chi connectivity index (χ2n) is 5.27. The Hall–Kier alpha value is -1.89. The Labute approximate surface area is 117 Å². The van der Waals surface area contributed by atoms with Gasteiger partial charge in [-0.05, 0) is 25.9 Å². The molecule has 1 aliphatic heterocycles. The molecule has 1 saturated heterocycles. The van der Waals surface area contributed by atoms with Gasteiger partial charge in [0.2, 0.25) is 11.8 Å². The van der Waals surface area contributed by atoms with Gasteiger partial charge >= 0.3 is 0 Å². The molecule has 0 spiro atoms. The average Bonchev–Trinajstić information content (AvgIpc) is 2.71. The molecule has 0 saturated carbocycles. The van der Waals surface area contributed by atoms with Gasteiger partial charge in [0.15, 0.2) is 5.82 Å². The normalized spacial score (nSPS) is 16.4. The van der Waals surface area contributed by atoms with Crippen molar-refractivity contribution in [1.82, 2.24) is 15.4 Å². The van der Waals surface area contributed by atoms with Crippen LogP contribution in [0.3, 0.4) is 0 Å². The van der Waals surface area contributed by atoms with E-state index in [1.807, 2.05) is 6.92 Å². The van der Waals surface area contributed by atoms with Crippen LogP contribution in [0.1, 0.15) is 12.7 Å². The van der Waals surface area contributed by atoms with Crippen LogP contribution in [0.5, 0.6) is 0 Å². The maximum atomic E-state index is 12.2. The van der Waals surface area contributed by atoms with Gasteiger partial charge in [-0.2, -0.15) is 0 Å². The number of nitrogens with one attached hydrogen (secondary N) is 2. The summed E-state index contributed by atoms with van der Waals surface area (Å²) in [4.78, 5) is 25.4. The highest BCUT2D eigenvalue weighted by atomic mass is 16.5. The van der Waals surface area contributed by atoms with E-state index in [1.165, 1.54) is 4.90 Å². The van der Waals surface area contributed by atoms with Crippen LogP contribution < -0.4 is 10.6 Å². The van der Waals surface area contributed by atoms with Crippen molar-refractivity contribution in [3.63, 3.8) is 0 Å². The van der Waals surface area contributed by atoms with Gasteiger partial charge in [0.25, 0.3) is 0 Å². The zero-order valence-electron chi connectivity index (χ0n) is 12.0. The molecule has 1 atom stereocenters. The van der Waals surface area contributed by atoms with Gasteiger partial charge in [-0.15, -0.1) is 0 Å². The molecule has 1 unspecified atom stereocenters. The van der Waals surface area contributed by atoms with Crippen molar-refractivity contribution < 1.29 is 14.1 Å². The van der Waals surface area contributed by atoms with Crippen LogP contribution in [-0.4, -0.2) is 48.6 Å². The first-order chi connectivity index (χ1) is 9.47. The van der Waals surface area contributed by atoms with E-state index in [1.54, 1.807) is 20.0 Å². The van der Waals surface area contributed by atoms with Crippen LogP contribution in [0.15, 0.2) is 10.6 Å².